The lowest BCUT2D eigenvalue weighted by Crippen LogP contribution is -2.52. The second-order valence-electron chi connectivity index (χ2n) is 6.80. The van der Waals surface area contributed by atoms with Gasteiger partial charge in [-0.1, -0.05) is 12.1 Å². The molecule has 0 spiro atoms. The summed E-state index contributed by atoms with van der Waals surface area (Å²) in [5.74, 6) is -0.198. The van der Waals surface area contributed by atoms with Gasteiger partial charge in [-0.15, -0.1) is 0 Å². The van der Waals surface area contributed by atoms with E-state index in [1.54, 1.807) is 4.90 Å². The van der Waals surface area contributed by atoms with Gasteiger partial charge in [-0.25, -0.2) is 0 Å². The number of carboxylic acids is 1. The fourth-order valence-corrected chi connectivity index (χ4v) is 3.24. The van der Waals surface area contributed by atoms with Crippen LogP contribution in [0.25, 0.3) is 0 Å². The van der Waals surface area contributed by atoms with Gasteiger partial charge in [-0.05, 0) is 43.9 Å². The monoisotopic (exact) mass is 349 g/mol. The van der Waals surface area contributed by atoms with E-state index in [9.17, 15) is 14.7 Å². The van der Waals surface area contributed by atoms with Crippen LogP contribution in [0.5, 0.6) is 5.75 Å². The molecule has 1 atom stereocenters. The van der Waals surface area contributed by atoms with Crippen molar-refractivity contribution in [3.63, 3.8) is 0 Å². The normalized spacial score (nSPS) is 20.4. The van der Waals surface area contributed by atoms with Gasteiger partial charge < -0.3 is 19.5 Å². The number of aryl methyl sites for hydroxylation is 2. The molecule has 1 aromatic carbocycles. The van der Waals surface area contributed by atoms with E-state index < -0.39 is 11.4 Å². The number of hydrogen-bond acceptors (Lipinski definition) is 4. The number of carbonyl (C=O) groups excluding carboxylic acids is 1. The van der Waals surface area contributed by atoms with Gasteiger partial charge in [0.15, 0.2) is 0 Å². The summed E-state index contributed by atoms with van der Waals surface area (Å²) in [5.41, 5.74) is 1.13. The van der Waals surface area contributed by atoms with Crippen LogP contribution in [-0.4, -0.2) is 55.3 Å². The van der Waals surface area contributed by atoms with Crippen LogP contribution in [-0.2, 0) is 14.3 Å². The third-order valence-electron chi connectivity index (χ3n) is 4.72. The maximum Gasteiger partial charge on any atom is 0.313 e. The quantitative estimate of drug-likeness (QED) is 0.818. The number of nitrogens with zero attached hydrogens (tertiary/aromatic N) is 1. The van der Waals surface area contributed by atoms with Crippen LogP contribution in [0, 0.1) is 19.3 Å². The molecule has 0 saturated carbocycles. The molecule has 1 N–H and O–H groups in total. The van der Waals surface area contributed by atoms with Crippen molar-refractivity contribution in [2.45, 2.75) is 33.1 Å². The van der Waals surface area contributed by atoms with E-state index in [0.717, 1.165) is 16.9 Å². The molecule has 138 valence electrons. The lowest BCUT2D eigenvalue weighted by molar-refractivity contribution is -0.159. The smallest absolute Gasteiger partial charge is 0.313 e. The number of likely N-dealkylation sites (tertiary alicyclic amines) is 1. The maximum absolute atomic E-state index is 12.5. The summed E-state index contributed by atoms with van der Waals surface area (Å²) in [6.07, 6.45) is 1.42. The molecule has 1 unspecified atom stereocenters. The van der Waals surface area contributed by atoms with Crippen LogP contribution in [0.1, 0.15) is 30.4 Å². The van der Waals surface area contributed by atoms with Gasteiger partial charge >= 0.3 is 5.97 Å². The van der Waals surface area contributed by atoms with Gasteiger partial charge in [-0.3, -0.25) is 9.59 Å². The number of carboxylic acid groups (broad SMARTS) is 1. The molecule has 1 aliphatic heterocycles. The van der Waals surface area contributed by atoms with Crippen molar-refractivity contribution >= 4 is 11.9 Å². The number of piperidine rings is 1. The van der Waals surface area contributed by atoms with E-state index in [-0.39, 0.29) is 32.1 Å². The van der Waals surface area contributed by atoms with E-state index in [0.29, 0.717) is 19.4 Å². The number of aliphatic carboxylic acids is 1. The molecule has 0 bridgehead atoms. The van der Waals surface area contributed by atoms with E-state index in [1.807, 2.05) is 32.0 Å². The lowest BCUT2D eigenvalue weighted by atomic mass is 9.80. The zero-order valence-electron chi connectivity index (χ0n) is 15.2. The molecule has 6 nitrogen and oxygen atoms in total. The third kappa shape index (κ3) is 4.72. The average molecular weight is 349 g/mol. The molecule has 1 amide bonds. The highest BCUT2D eigenvalue weighted by molar-refractivity contribution is 5.80. The summed E-state index contributed by atoms with van der Waals surface area (Å²) in [4.78, 5) is 25.8. The fourth-order valence-electron chi connectivity index (χ4n) is 3.24. The Morgan fingerprint density at radius 1 is 1.32 bits per heavy atom. The van der Waals surface area contributed by atoms with E-state index in [4.69, 9.17) is 9.47 Å². The number of carbonyl (C=O) groups is 2. The SMILES string of the molecule is COCC1(C(=O)O)CCCN(C(=O)CCOc2cc(C)ccc2C)C1. The zero-order chi connectivity index (χ0) is 18.4. The number of ether oxygens (including phenoxy) is 2. The van der Waals surface area contributed by atoms with Crippen molar-refractivity contribution < 1.29 is 24.2 Å². The van der Waals surface area contributed by atoms with Crippen molar-refractivity contribution in [2.75, 3.05) is 33.4 Å². The fraction of sp³-hybridized carbons (Fsp3) is 0.579. The highest BCUT2D eigenvalue weighted by Gasteiger charge is 2.43. The van der Waals surface area contributed by atoms with Crippen LogP contribution in [0.15, 0.2) is 18.2 Å². The Balaban J connectivity index is 1.92. The molecular formula is C19H27NO5. The van der Waals surface area contributed by atoms with E-state index in [1.165, 1.54) is 7.11 Å². The van der Waals surface area contributed by atoms with Crippen LogP contribution >= 0.6 is 0 Å². The highest BCUT2D eigenvalue weighted by Crippen LogP contribution is 2.31. The molecule has 6 heteroatoms. The maximum atomic E-state index is 12.5. The van der Waals surface area contributed by atoms with Gasteiger partial charge in [0, 0.05) is 20.2 Å². The average Bonchev–Trinajstić information content (AvgIpc) is 2.58. The summed E-state index contributed by atoms with van der Waals surface area (Å²) >= 11 is 0. The molecule has 1 fully saturated rings. The first-order valence-electron chi connectivity index (χ1n) is 8.58. The van der Waals surface area contributed by atoms with Crippen molar-refractivity contribution in [1.82, 2.24) is 4.90 Å². The lowest BCUT2D eigenvalue weighted by Gasteiger charge is -2.39. The van der Waals surface area contributed by atoms with Crippen molar-refractivity contribution in [1.29, 1.82) is 0 Å². The minimum atomic E-state index is -1.00. The third-order valence-corrected chi connectivity index (χ3v) is 4.72. The van der Waals surface area contributed by atoms with E-state index in [2.05, 4.69) is 0 Å². The molecular weight excluding hydrogens is 322 g/mol. The van der Waals surface area contributed by atoms with Crippen LogP contribution in [0.2, 0.25) is 0 Å². The van der Waals surface area contributed by atoms with Gasteiger partial charge in [0.2, 0.25) is 5.91 Å². The van der Waals surface area contributed by atoms with Gasteiger partial charge in [0.25, 0.3) is 0 Å². The summed E-state index contributed by atoms with van der Waals surface area (Å²) in [7, 11) is 1.49. The minimum Gasteiger partial charge on any atom is -0.493 e. The predicted octanol–water partition coefficient (Wildman–Crippen LogP) is 2.41. The van der Waals surface area contributed by atoms with Crippen LogP contribution < -0.4 is 4.74 Å². The number of benzene rings is 1. The molecule has 0 aliphatic carbocycles. The number of amides is 1. The standard InChI is InChI=1S/C19H27NO5/c1-14-5-6-15(2)16(11-14)25-10-7-17(21)20-9-4-8-19(12-20,13-24-3)18(22)23/h5-6,11H,4,7-10,12-13H2,1-3H3,(H,22,23). The van der Waals surface area contributed by atoms with Crippen molar-refractivity contribution in [3.8, 4) is 5.75 Å². The van der Waals surface area contributed by atoms with E-state index >= 15 is 0 Å². The van der Waals surface area contributed by atoms with Gasteiger partial charge in [-0.2, -0.15) is 0 Å². The number of methoxy groups -OCH3 is 1. The molecule has 1 aliphatic rings. The Hall–Kier alpha value is -2.08. The summed E-state index contributed by atoms with van der Waals surface area (Å²) in [5, 5.41) is 9.56. The number of hydrogen-bond donors (Lipinski definition) is 1. The second kappa shape index (κ2) is 8.34. The molecule has 1 saturated heterocycles. The second-order valence-corrected chi connectivity index (χ2v) is 6.80. The topological polar surface area (TPSA) is 76.1 Å². The largest absolute Gasteiger partial charge is 0.493 e. The molecule has 25 heavy (non-hydrogen) atoms. The van der Waals surface area contributed by atoms with Crippen LogP contribution in [0.4, 0.5) is 0 Å². The molecule has 0 aromatic heterocycles. The minimum absolute atomic E-state index is 0.0771. The Labute approximate surface area is 148 Å². The Morgan fingerprint density at radius 3 is 2.76 bits per heavy atom. The highest BCUT2D eigenvalue weighted by atomic mass is 16.5. The predicted molar refractivity (Wildman–Crippen MR) is 93.8 cm³/mol. The summed E-state index contributed by atoms with van der Waals surface area (Å²) in [6, 6.07) is 5.96. The Morgan fingerprint density at radius 2 is 2.08 bits per heavy atom. The zero-order valence-corrected chi connectivity index (χ0v) is 15.2. The Kier molecular flexibility index (Phi) is 6.42. The first-order chi connectivity index (χ1) is 11.9. The van der Waals surface area contributed by atoms with Gasteiger partial charge in [0.1, 0.15) is 11.2 Å². The molecule has 1 aromatic rings. The Bertz CT molecular complexity index is 626. The molecule has 2 rings (SSSR count). The van der Waals surface area contributed by atoms with Crippen molar-refractivity contribution in [3.05, 3.63) is 29.3 Å². The first-order valence-corrected chi connectivity index (χ1v) is 8.58. The number of rotatable bonds is 7. The summed E-state index contributed by atoms with van der Waals surface area (Å²) in [6.45, 7) is 5.13. The molecule has 1 heterocycles. The summed E-state index contributed by atoms with van der Waals surface area (Å²) < 4.78 is 10.8. The van der Waals surface area contributed by atoms with Crippen molar-refractivity contribution in [2.24, 2.45) is 5.41 Å². The molecule has 0 radical (unpaired) electrons. The van der Waals surface area contributed by atoms with Crippen LogP contribution in [0.3, 0.4) is 0 Å². The van der Waals surface area contributed by atoms with Gasteiger partial charge in [0.05, 0.1) is 19.6 Å². The first kappa shape index (κ1) is 19.2.